The molecule has 1 aromatic heterocycles. The summed E-state index contributed by atoms with van der Waals surface area (Å²) in [4.78, 5) is 14.1. The van der Waals surface area contributed by atoms with Gasteiger partial charge in [-0.05, 0) is 46.6 Å². The van der Waals surface area contributed by atoms with Gasteiger partial charge in [0.25, 0.3) is 5.88 Å². The fraction of sp³-hybridized carbons (Fsp3) is 0.0833. The molecule has 0 saturated carbocycles. The quantitative estimate of drug-likeness (QED) is 0.631. The second kappa shape index (κ2) is 5.31. The van der Waals surface area contributed by atoms with E-state index in [2.05, 4.69) is 20.9 Å². The molecule has 1 aromatic carbocycles. The van der Waals surface area contributed by atoms with Crippen LogP contribution in [0.5, 0.6) is 11.6 Å². The van der Waals surface area contributed by atoms with Gasteiger partial charge in [-0.1, -0.05) is 0 Å². The molecule has 2 rings (SSSR count). The van der Waals surface area contributed by atoms with Crippen molar-refractivity contribution in [1.82, 2.24) is 4.98 Å². The van der Waals surface area contributed by atoms with E-state index in [9.17, 15) is 14.5 Å². The van der Waals surface area contributed by atoms with Gasteiger partial charge < -0.3 is 4.74 Å². The molecule has 0 aliphatic heterocycles. The molecule has 0 unspecified atom stereocenters. The lowest BCUT2D eigenvalue weighted by molar-refractivity contribution is -0.386. The lowest BCUT2D eigenvalue weighted by atomic mass is 10.2. The third-order valence-electron chi connectivity index (χ3n) is 2.34. The van der Waals surface area contributed by atoms with Crippen LogP contribution >= 0.6 is 15.9 Å². The third kappa shape index (κ3) is 3.05. The first-order chi connectivity index (χ1) is 8.97. The lowest BCUT2D eigenvalue weighted by Gasteiger charge is -2.06. The highest BCUT2D eigenvalue weighted by molar-refractivity contribution is 9.10. The Bertz CT molecular complexity index is 649. The number of aromatic nitrogens is 1. The van der Waals surface area contributed by atoms with Crippen LogP contribution in [0.3, 0.4) is 0 Å². The summed E-state index contributed by atoms with van der Waals surface area (Å²) in [5, 5.41) is 10.9. The van der Waals surface area contributed by atoms with Gasteiger partial charge in [0.15, 0.2) is 0 Å². The molecule has 2 aromatic rings. The van der Waals surface area contributed by atoms with Crippen molar-refractivity contribution in [3.8, 4) is 11.6 Å². The minimum absolute atomic E-state index is 0.140. The number of hydrogen-bond donors (Lipinski definition) is 0. The summed E-state index contributed by atoms with van der Waals surface area (Å²) in [6, 6.07) is 5.35. The Kier molecular flexibility index (Phi) is 3.75. The minimum Gasteiger partial charge on any atom is -0.434 e. The molecule has 0 N–H and O–H groups in total. The highest BCUT2D eigenvalue weighted by Crippen LogP contribution is 2.31. The molecule has 0 atom stereocenters. The first-order valence-corrected chi connectivity index (χ1v) is 6.00. The van der Waals surface area contributed by atoms with Crippen LogP contribution < -0.4 is 4.74 Å². The fourth-order valence-corrected chi connectivity index (χ4v) is 1.74. The molecule has 0 radical (unpaired) electrons. The molecule has 0 amide bonds. The minimum atomic E-state index is -0.594. The van der Waals surface area contributed by atoms with Crippen molar-refractivity contribution in [3.05, 3.63) is 56.4 Å². The smallest absolute Gasteiger partial charge is 0.332 e. The van der Waals surface area contributed by atoms with Gasteiger partial charge in [0, 0.05) is 16.7 Å². The Morgan fingerprint density at radius 2 is 2.16 bits per heavy atom. The Labute approximate surface area is 116 Å². The van der Waals surface area contributed by atoms with Crippen LogP contribution in [0, 0.1) is 22.9 Å². The summed E-state index contributed by atoms with van der Waals surface area (Å²) < 4.78 is 18.9. The Morgan fingerprint density at radius 1 is 1.42 bits per heavy atom. The fourth-order valence-electron chi connectivity index (χ4n) is 1.42. The number of nitro groups is 1. The third-order valence-corrected chi connectivity index (χ3v) is 2.77. The van der Waals surface area contributed by atoms with E-state index in [-0.39, 0.29) is 23.1 Å². The van der Waals surface area contributed by atoms with E-state index in [1.807, 2.05) is 0 Å². The van der Waals surface area contributed by atoms with Crippen LogP contribution in [0.4, 0.5) is 10.1 Å². The topological polar surface area (TPSA) is 65.3 Å². The maximum atomic E-state index is 13.1. The van der Waals surface area contributed by atoms with Crippen molar-refractivity contribution in [2.45, 2.75) is 6.92 Å². The molecule has 5 nitrogen and oxygen atoms in total. The molecule has 0 aliphatic carbocycles. The number of halogens is 2. The largest absolute Gasteiger partial charge is 0.434 e. The summed E-state index contributed by atoms with van der Waals surface area (Å²) in [5.74, 6) is -0.221. The number of aryl methyl sites for hydroxylation is 1. The van der Waals surface area contributed by atoms with Gasteiger partial charge in [0.1, 0.15) is 11.6 Å². The molecule has 19 heavy (non-hydrogen) atoms. The Hall–Kier alpha value is -2.02. The van der Waals surface area contributed by atoms with Crippen LogP contribution in [-0.4, -0.2) is 9.91 Å². The summed E-state index contributed by atoms with van der Waals surface area (Å²) in [6.45, 7) is 1.58. The second-order valence-corrected chi connectivity index (χ2v) is 4.66. The zero-order valence-electron chi connectivity index (χ0n) is 9.76. The maximum Gasteiger partial charge on any atom is 0.332 e. The van der Waals surface area contributed by atoms with Gasteiger partial charge in [-0.15, -0.1) is 0 Å². The molecule has 0 fully saturated rings. The number of rotatable bonds is 3. The van der Waals surface area contributed by atoms with Crippen molar-refractivity contribution in [1.29, 1.82) is 0 Å². The second-order valence-electron chi connectivity index (χ2n) is 3.75. The highest BCUT2D eigenvalue weighted by atomic mass is 79.9. The predicted octanol–water partition coefficient (Wildman–Crippen LogP) is 3.99. The molecule has 98 valence electrons. The molecule has 0 spiro atoms. The summed E-state index contributed by atoms with van der Waals surface area (Å²) >= 11 is 3.10. The maximum absolute atomic E-state index is 13.1. The van der Waals surface area contributed by atoms with Crippen LogP contribution in [0.15, 0.2) is 34.9 Å². The van der Waals surface area contributed by atoms with Gasteiger partial charge in [0.2, 0.25) is 0 Å². The van der Waals surface area contributed by atoms with Crippen LogP contribution in [-0.2, 0) is 0 Å². The molecular formula is C12H8BrFN2O3. The van der Waals surface area contributed by atoms with Gasteiger partial charge >= 0.3 is 5.69 Å². The van der Waals surface area contributed by atoms with Crippen LogP contribution in [0.2, 0.25) is 0 Å². The Balaban J connectivity index is 2.37. The van der Waals surface area contributed by atoms with E-state index in [0.29, 0.717) is 10.0 Å². The summed E-state index contributed by atoms with van der Waals surface area (Å²) in [5.41, 5.74) is 0.119. The zero-order valence-corrected chi connectivity index (χ0v) is 11.3. The predicted molar refractivity (Wildman–Crippen MR) is 69.8 cm³/mol. The van der Waals surface area contributed by atoms with Crippen LogP contribution in [0.1, 0.15) is 5.56 Å². The molecule has 1 heterocycles. The first kappa shape index (κ1) is 13.4. The number of benzene rings is 1. The number of hydrogen-bond acceptors (Lipinski definition) is 4. The van der Waals surface area contributed by atoms with Crippen molar-refractivity contribution < 1.29 is 14.1 Å². The van der Waals surface area contributed by atoms with E-state index in [0.717, 1.165) is 0 Å². The number of nitrogens with zero attached hydrogens (tertiary/aromatic N) is 2. The summed E-state index contributed by atoms with van der Waals surface area (Å²) in [6.07, 6.45) is 1.39. The van der Waals surface area contributed by atoms with E-state index in [1.54, 1.807) is 6.92 Å². The van der Waals surface area contributed by atoms with Gasteiger partial charge in [-0.2, -0.15) is 0 Å². The monoisotopic (exact) mass is 326 g/mol. The number of pyridine rings is 1. The lowest BCUT2D eigenvalue weighted by Crippen LogP contribution is -1.96. The van der Waals surface area contributed by atoms with Gasteiger partial charge in [-0.25, -0.2) is 9.37 Å². The number of ether oxygens (including phenoxy) is 1. The van der Waals surface area contributed by atoms with E-state index in [1.165, 1.54) is 30.5 Å². The van der Waals surface area contributed by atoms with Gasteiger partial charge in [0.05, 0.1) is 4.92 Å². The van der Waals surface area contributed by atoms with Crippen LogP contribution in [0.25, 0.3) is 0 Å². The van der Waals surface area contributed by atoms with Crippen molar-refractivity contribution in [2.75, 3.05) is 0 Å². The SMILES string of the molecule is Cc1cc(Oc2ncc(Br)cc2[N+](=O)[O-])ccc1F. The Morgan fingerprint density at radius 3 is 2.79 bits per heavy atom. The van der Waals surface area contributed by atoms with Crippen molar-refractivity contribution in [2.24, 2.45) is 0 Å². The summed E-state index contributed by atoms with van der Waals surface area (Å²) in [7, 11) is 0. The van der Waals surface area contributed by atoms with E-state index in [4.69, 9.17) is 4.74 Å². The van der Waals surface area contributed by atoms with Crippen molar-refractivity contribution >= 4 is 21.6 Å². The zero-order chi connectivity index (χ0) is 14.0. The standard InChI is InChI=1S/C12H8BrFN2O3/c1-7-4-9(2-3-10(7)14)19-12-11(16(17)18)5-8(13)6-15-12/h2-6H,1H3. The molecule has 0 saturated heterocycles. The molecule has 7 heteroatoms. The average molecular weight is 327 g/mol. The van der Waals surface area contributed by atoms with Crippen molar-refractivity contribution in [3.63, 3.8) is 0 Å². The van der Waals surface area contributed by atoms with E-state index >= 15 is 0 Å². The first-order valence-electron chi connectivity index (χ1n) is 5.21. The molecular weight excluding hydrogens is 319 g/mol. The average Bonchev–Trinajstić information content (AvgIpc) is 2.36. The van der Waals surface area contributed by atoms with Gasteiger partial charge in [-0.3, -0.25) is 10.1 Å². The normalized spacial score (nSPS) is 10.3. The molecule has 0 aliphatic rings. The molecule has 0 bridgehead atoms. The van der Waals surface area contributed by atoms with E-state index < -0.39 is 4.92 Å². The highest BCUT2D eigenvalue weighted by Gasteiger charge is 2.18.